The van der Waals surface area contributed by atoms with Crippen molar-refractivity contribution < 1.29 is 17.4 Å². The fourth-order valence-corrected chi connectivity index (χ4v) is 5.41. The number of rotatable bonds is 7. The highest BCUT2D eigenvalue weighted by Crippen LogP contribution is 2.32. The molecular weight excluding hydrogens is 458 g/mol. The van der Waals surface area contributed by atoms with Crippen LogP contribution < -0.4 is 5.32 Å². The number of nitrogens with one attached hydrogen (secondary N) is 1. The van der Waals surface area contributed by atoms with Crippen LogP contribution in [0, 0.1) is 5.92 Å². The maximum absolute atomic E-state index is 13.1. The molecule has 0 aliphatic heterocycles. The van der Waals surface area contributed by atoms with Gasteiger partial charge in [0, 0.05) is 28.9 Å². The molecule has 3 rings (SSSR count). The number of anilines is 1. The van der Waals surface area contributed by atoms with Crippen LogP contribution in [0.1, 0.15) is 36.9 Å². The standard InChI is InChI=1S/C21H24ClN3O4S2/c1-30(27)13-16-11-24-20(12-23-16)25-21(26)17(9-14-5-3-4-6-14)15-7-8-19(18(22)10-15)31(2,28)29/h7-12,14H,3-6,13H2,1-2H3,(H,24,25,26)/b17-9+. The van der Waals surface area contributed by atoms with Crippen LogP contribution in [0.15, 0.2) is 41.6 Å². The number of allylic oxidation sites excluding steroid dienone is 1. The van der Waals surface area contributed by atoms with Crippen molar-refractivity contribution in [1.29, 1.82) is 0 Å². The summed E-state index contributed by atoms with van der Waals surface area (Å²) in [6.07, 6.45) is 11.7. The third-order valence-corrected chi connectivity index (χ3v) is 7.27. The normalized spacial score (nSPS) is 16.3. The minimum atomic E-state index is -3.47. The average molecular weight is 482 g/mol. The Balaban J connectivity index is 1.89. The summed E-state index contributed by atoms with van der Waals surface area (Å²) in [5.41, 5.74) is 1.52. The Morgan fingerprint density at radius 2 is 1.97 bits per heavy atom. The Labute approximate surface area is 189 Å². The van der Waals surface area contributed by atoms with Gasteiger partial charge in [-0.05, 0) is 36.5 Å². The van der Waals surface area contributed by atoms with Crippen LogP contribution in [0.2, 0.25) is 5.02 Å². The van der Waals surface area contributed by atoms with Gasteiger partial charge in [0.05, 0.1) is 33.8 Å². The second-order valence-electron chi connectivity index (χ2n) is 7.61. The summed E-state index contributed by atoms with van der Waals surface area (Å²) in [4.78, 5) is 21.5. The monoisotopic (exact) mass is 481 g/mol. The van der Waals surface area contributed by atoms with E-state index >= 15 is 0 Å². The van der Waals surface area contributed by atoms with Gasteiger partial charge in [-0.2, -0.15) is 0 Å². The van der Waals surface area contributed by atoms with Crippen LogP contribution in [0.3, 0.4) is 0 Å². The third kappa shape index (κ3) is 6.44. The maximum Gasteiger partial charge on any atom is 0.257 e. The van der Waals surface area contributed by atoms with Crippen molar-refractivity contribution in [3.8, 4) is 0 Å². The van der Waals surface area contributed by atoms with E-state index in [9.17, 15) is 17.4 Å². The number of aromatic nitrogens is 2. The molecule has 0 saturated heterocycles. The van der Waals surface area contributed by atoms with E-state index < -0.39 is 20.6 Å². The topological polar surface area (TPSA) is 106 Å². The SMILES string of the molecule is CS(=O)Cc1cnc(NC(=O)/C(=C/C2CCCC2)c2ccc(S(C)(=O)=O)c(Cl)c2)cn1. The van der Waals surface area contributed by atoms with E-state index in [1.54, 1.807) is 12.3 Å². The Bertz CT molecular complexity index is 1130. The maximum atomic E-state index is 13.1. The van der Waals surface area contributed by atoms with E-state index in [0.29, 0.717) is 22.6 Å². The molecule has 1 aliphatic carbocycles. The van der Waals surface area contributed by atoms with Crippen molar-refractivity contribution in [2.45, 2.75) is 36.3 Å². The van der Waals surface area contributed by atoms with Crippen molar-refractivity contribution in [2.24, 2.45) is 5.92 Å². The van der Waals surface area contributed by atoms with E-state index in [2.05, 4.69) is 15.3 Å². The number of hydrogen-bond acceptors (Lipinski definition) is 6. The van der Waals surface area contributed by atoms with Gasteiger partial charge in [0.2, 0.25) is 0 Å². The van der Waals surface area contributed by atoms with Gasteiger partial charge in [0.1, 0.15) is 0 Å². The molecule has 1 aromatic heterocycles. The highest BCUT2D eigenvalue weighted by Gasteiger charge is 2.21. The Hall–Kier alpha value is -2.10. The number of carbonyl (C=O) groups is 1. The molecule has 10 heteroatoms. The first-order valence-corrected chi connectivity index (χ1v) is 13.8. The zero-order valence-corrected chi connectivity index (χ0v) is 19.7. The van der Waals surface area contributed by atoms with E-state index in [1.807, 2.05) is 6.08 Å². The van der Waals surface area contributed by atoms with Crippen molar-refractivity contribution >= 4 is 49.5 Å². The van der Waals surface area contributed by atoms with Crippen molar-refractivity contribution in [1.82, 2.24) is 9.97 Å². The second kappa shape index (κ2) is 10.0. The number of sulfone groups is 1. The first kappa shape index (κ1) is 23.6. The van der Waals surface area contributed by atoms with Gasteiger partial charge in [-0.25, -0.2) is 13.4 Å². The van der Waals surface area contributed by atoms with Crippen LogP contribution in [0.4, 0.5) is 5.82 Å². The number of nitrogens with zero attached hydrogens (tertiary/aromatic N) is 2. The van der Waals surface area contributed by atoms with Crippen molar-refractivity contribution in [3.63, 3.8) is 0 Å². The molecule has 166 valence electrons. The number of amides is 1. The van der Waals surface area contributed by atoms with E-state index in [4.69, 9.17) is 11.6 Å². The number of benzene rings is 1. The molecule has 1 fully saturated rings. The molecule has 2 aromatic rings. The summed E-state index contributed by atoms with van der Waals surface area (Å²) < 4.78 is 35.1. The second-order valence-corrected chi connectivity index (χ2v) is 11.4. The summed E-state index contributed by atoms with van der Waals surface area (Å²) in [5, 5.41) is 2.81. The summed E-state index contributed by atoms with van der Waals surface area (Å²) in [6, 6.07) is 4.51. The van der Waals surface area contributed by atoms with Crippen molar-refractivity contribution in [2.75, 3.05) is 17.8 Å². The van der Waals surface area contributed by atoms with Crippen LogP contribution in [0.25, 0.3) is 5.57 Å². The molecule has 1 saturated carbocycles. The molecule has 1 aromatic carbocycles. The zero-order valence-electron chi connectivity index (χ0n) is 17.3. The highest BCUT2D eigenvalue weighted by molar-refractivity contribution is 7.90. The van der Waals surface area contributed by atoms with Crippen molar-refractivity contribution in [3.05, 3.63) is 52.9 Å². The molecule has 1 unspecified atom stereocenters. The third-order valence-electron chi connectivity index (χ3n) is 4.99. The number of halogens is 1. The molecule has 0 bridgehead atoms. The van der Waals surface area contributed by atoms with Gasteiger partial charge in [0.25, 0.3) is 5.91 Å². The number of carbonyl (C=O) groups excluding carboxylic acids is 1. The van der Waals surface area contributed by atoms with E-state index in [-0.39, 0.29) is 27.6 Å². The molecule has 7 nitrogen and oxygen atoms in total. The molecule has 0 spiro atoms. The fraction of sp³-hybridized carbons (Fsp3) is 0.381. The lowest BCUT2D eigenvalue weighted by Gasteiger charge is -2.13. The molecule has 1 atom stereocenters. The first-order chi connectivity index (χ1) is 14.6. The van der Waals surface area contributed by atoms with Gasteiger partial charge in [-0.1, -0.05) is 36.6 Å². The molecule has 1 aliphatic rings. The minimum absolute atomic E-state index is 0.0216. The lowest BCUT2D eigenvalue weighted by atomic mass is 9.98. The summed E-state index contributed by atoms with van der Waals surface area (Å²) >= 11 is 6.21. The van der Waals surface area contributed by atoms with E-state index in [0.717, 1.165) is 31.9 Å². The summed E-state index contributed by atoms with van der Waals surface area (Å²) in [7, 11) is -4.51. The first-order valence-electron chi connectivity index (χ1n) is 9.77. The van der Waals surface area contributed by atoms with Crippen LogP contribution in [-0.4, -0.2) is 41.0 Å². The van der Waals surface area contributed by atoms with Crippen LogP contribution in [0.5, 0.6) is 0 Å². The molecule has 1 N–H and O–H groups in total. The molecular formula is C21H24ClN3O4S2. The smallest absolute Gasteiger partial charge is 0.257 e. The highest BCUT2D eigenvalue weighted by atomic mass is 35.5. The average Bonchev–Trinajstić information content (AvgIpc) is 3.19. The van der Waals surface area contributed by atoms with E-state index in [1.165, 1.54) is 24.5 Å². The lowest BCUT2D eigenvalue weighted by molar-refractivity contribution is -0.111. The fourth-order valence-electron chi connectivity index (χ4n) is 3.52. The predicted molar refractivity (Wildman–Crippen MR) is 123 cm³/mol. The Morgan fingerprint density at radius 3 is 2.52 bits per heavy atom. The number of hydrogen-bond donors (Lipinski definition) is 1. The zero-order chi connectivity index (χ0) is 22.6. The summed E-state index contributed by atoms with van der Waals surface area (Å²) in [5.74, 6) is 0.448. The Kier molecular flexibility index (Phi) is 7.61. The van der Waals surface area contributed by atoms with Gasteiger partial charge >= 0.3 is 0 Å². The molecule has 0 radical (unpaired) electrons. The van der Waals surface area contributed by atoms with Crippen LogP contribution in [-0.2, 0) is 31.2 Å². The van der Waals surface area contributed by atoms with Gasteiger partial charge < -0.3 is 5.32 Å². The largest absolute Gasteiger partial charge is 0.305 e. The quantitative estimate of drug-likeness (QED) is 0.605. The van der Waals surface area contributed by atoms with Gasteiger partial charge in [-0.15, -0.1) is 0 Å². The predicted octanol–water partition coefficient (Wildman–Crippen LogP) is 3.62. The summed E-state index contributed by atoms with van der Waals surface area (Å²) in [6.45, 7) is 0. The Morgan fingerprint density at radius 1 is 1.26 bits per heavy atom. The minimum Gasteiger partial charge on any atom is -0.305 e. The lowest BCUT2D eigenvalue weighted by Crippen LogP contribution is -2.16. The van der Waals surface area contributed by atoms with Gasteiger partial charge in [-0.3, -0.25) is 14.0 Å². The molecule has 1 amide bonds. The molecule has 1 heterocycles. The molecule has 31 heavy (non-hydrogen) atoms. The van der Waals surface area contributed by atoms with Crippen LogP contribution >= 0.6 is 11.6 Å². The van der Waals surface area contributed by atoms with Gasteiger partial charge in [0.15, 0.2) is 15.7 Å².